The van der Waals surface area contributed by atoms with Crippen LogP contribution in [0.25, 0.3) is 0 Å². The number of halogens is 1. The lowest BCUT2D eigenvalue weighted by molar-refractivity contribution is 0.627. The summed E-state index contributed by atoms with van der Waals surface area (Å²) in [6, 6.07) is 16.7. The summed E-state index contributed by atoms with van der Waals surface area (Å²) in [6.07, 6.45) is 0. The highest BCUT2D eigenvalue weighted by atomic mass is 19.1. The summed E-state index contributed by atoms with van der Waals surface area (Å²) in [5, 5.41) is 0. The highest BCUT2D eigenvalue weighted by Gasteiger charge is 2.30. The molecule has 1 heterocycles. The number of nitrogens with zero attached hydrogens (tertiary/aromatic N) is 1. The molecule has 1 aliphatic rings. The maximum absolute atomic E-state index is 12.8. The first-order chi connectivity index (χ1) is 7.84. The molecule has 1 nitrogen and oxygen atoms in total. The van der Waals surface area contributed by atoms with Crippen molar-refractivity contribution < 1.29 is 4.39 Å². The van der Waals surface area contributed by atoms with E-state index in [4.69, 9.17) is 0 Å². The quantitative estimate of drug-likeness (QED) is 0.722. The first kappa shape index (κ1) is 9.28. The number of hydrogen-bond acceptors (Lipinski definition) is 1. The molecule has 0 N–H and O–H groups in total. The molecule has 0 aliphatic carbocycles. The minimum atomic E-state index is -0.203. The summed E-state index contributed by atoms with van der Waals surface area (Å²) in [6.45, 7) is 0. The number of aliphatic imine (C=N–C) groups is 1. The zero-order valence-corrected chi connectivity index (χ0v) is 8.60. The Kier molecular flexibility index (Phi) is 2.07. The fraction of sp³-hybridized carbons (Fsp3) is 0.0714. The highest BCUT2D eigenvalue weighted by Crippen LogP contribution is 2.34. The number of hydrogen-bond donors (Lipinski definition) is 0. The molecular weight excluding hydrogens is 201 g/mol. The standard InChI is InChI=1S/C14H10FN/c15-12-8-6-11(7-9-12)14-13(16-14)10-4-2-1-3-5-10/h1-9,14H/t14-/m0/s1. The van der Waals surface area contributed by atoms with Crippen LogP contribution in [-0.2, 0) is 0 Å². The monoisotopic (exact) mass is 211 g/mol. The molecule has 0 radical (unpaired) electrons. The van der Waals surface area contributed by atoms with Gasteiger partial charge in [-0.25, -0.2) is 4.39 Å². The van der Waals surface area contributed by atoms with Crippen molar-refractivity contribution >= 4 is 5.71 Å². The zero-order valence-electron chi connectivity index (χ0n) is 8.60. The van der Waals surface area contributed by atoms with Gasteiger partial charge in [-0.05, 0) is 23.3 Å². The predicted molar refractivity (Wildman–Crippen MR) is 62.1 cm³/mol. The third kappa shape index (κ3) is 1.63. The van der Waals surface area contributed by atoms with Crippen LogP contribution in [-0.4, -0.2) is 5.71 Å². The molecule has 16 heavy (non-hydrogen) atoms. The van der Waals surface area contributed by atoms with Gasteiger partial charge in [-0.3, -0.25) is 4.99 Å². The second kappa shape index (κ2) is 3.56. The molecule has 0 unspecified atom stereocenters. The summed E-state index contributed by atoms with van der Waals surface area (Å²) in [7, 11) is 0. The van der Waals surface area contributed by atoms with Crippen molar-refractivity contribution in [3.05, 3.63) is 71.5 Å². The minimum Gasteiger partial charge on any atom is -0.272 e. The topological polar surface area (TPSA) is 12.4 Å². The Morgan fingerprint density at radius 1 is 0.875 bits per heavy atom. The summed E-state index contributed by atoms with van der Waals surface area (Å²) in [5.41, 5.74) is 3.30. The van der Waals surface area contributed by atoms with Crippen molar-refractivity contribution in [2.45, 2.75) is 6.04 Å². The molecule has 0 saturated carbocycles. The Morgan fingerprint density at radius 2 is 1.56 bits per heavy atom. The second-order valence-corrected chi connectivity index (χ2v) is 3.83. The SMILES string of the molecule is Fc1ccc([C@@H]2N=C2c2ccccc2)cc1. The molecule has 0 spiro atoms. The number of benzene rings is 2. The minimum absolute atomic E-state index is 0.128. The molecular formula is C14H10FN. The van der Waals surface area contributed by atoms with Gasteiger partial charge in [-0.15, -0.1) is 0 Å². The van der Waals surface area contributed by atoms with Crippen LogP contribution in [0.1, 0.15) is 17.2 Å². The average molecular weight is 211 g/mol. The molecule has 78 valence electrons. The van der Waals surface area contributed by atoms with Gasteiger partial charge in [-0.1, -0.05) is 42.5 Å². The Bertz CT molecular complexity index is 528. The van der Waals surface area contributed by atoms with Gasteiger partial charge in [0.05, 0.1) is 5.71 Å². The van der Waals surface area contributed by atoms with Gasteiger partial charge in [0.2, 0.25) is 0 Å². The van der Waals surface area contributed by atoms with Gasteiger partial charge in [0, 0.05) is 0 Å². The molecule has 0 bridgehead atoms. The van der Waals surface area contributed by atoms with E-state index in [1.165, 1.54) is 12.1 Å². The molecule has 0 aromatic heterocycles. The molecule has 0 saturated heterocycles. The Labute approximate surface area is 93.3 Å². The van der Waals surface area contributed by atoms with Gasteiger partial charge < -0.3 is 0 Å². The molecule has 1 aliphatic heterocycles. The summed E-state index contributed by atoms with van der Waals surface area (Å²) >= 11 is 0. The van der Waals surface area contributed by atoms with Crippen LogP contribution in [0.3, 0.4) is 0 Å². The lowest BCUT2D eigenvalue weighted by atomic mass is 10.0. The van der Waals surface area contributed by atoms with Crippen molar-refractivity contribution in [3.8, 4) is 0 Å². The van der Waals surface area contributed by atoms with Crippen LogP contribution in [0.15, 0.2) is 59.6 Å². The molecule has 2 aromatic rings. The number of rotatable bonds is 2. The molecule has 2 heteroatoms. The summed E-state index contributed by atoms with van der Waals surface area (Å²) < 4.78 is 12.8. The summed E-state index contributed by atoms with van der Waals surface area (Å²) in [4.78, 5) is 4.42. The van der Waals surface area contributed by atoms with Gasteiger partial charge in [0.15, 0.2) is 0 Å². The maximum Gasteiger partial charge on any atom is 0.123 e. The van der Waals surface area contributed by atoms with E-state index >= 15 is 0 Å². The van der Waals surface area contributed by atoms with Gasteiger partial charge >= 0.3 is 0 Å². The maximum atomic E-state index is 12.8. The van der Waals surface area contributed by atoms with E-state index in [1.54, 1.807) is 12.1 Å². The normalized spacial score (nSPS) is 18.1. The van der Waals surface area contributed by atoms with Crippen molar-refractivity contribution in [2.24, 2.45) is 4.99 Å². The Balaban J connectivity index is 1.81. The van der Waals surface area contributed by atoms with E-state index < -0.39 is 0 Å². The smallest absolute Gasteiger partial charge is 0.123 e. The largest absolute Gasteiger partial charge is 0.272 e. The van der Waals surface area contributed by atoms with E-state index in [0.29, 0.717) is 0 Å². The van der Waals surface area contributed by atoms with Crippen LogP contribution in [0.4, 0.5) is 4.39 Å². The highest BCUT2D eigenvalue weighted by molar-refractivity contribution is 6.13. The predicted octanol–water partition coefficient (Wildman–Crippen LogP) is 3.37. The van der Waals surface area contributed by atoms with Crippen molar-refractivity contribution in [1.29, 1.82) is 0 Å². The first-order valence-electron chi connectivity index (χ1n) is 5.23. The second-order valence-electron chi connectivity index (χ2n) is 3.83. The van der Waals surface area contributed by atoms with Crippen LogP contribution >= 0.6 is 0 Å². The molecule has 3 rings (SSSR count). The third-order valence-corrected chi connectivity index (χ3v) is 2.71. The van der Waals surface area contributed by atoms with Gasteiger partial charge in [0.25, 0.3) is 0 Å². The first-order valence-corrected chi connectivity index (χ1v) is 5.23. The van der Waals surface area contributed by atoms with Crippen molar-refractivity contribution in [3.63, 3.8) is 0 Å². The summed E-state index contributed by atoms with van der Waals surface area (Å²) in [5.74, 6) is -0.203. The van der Waals surface area contributed by atoms with Gasteiger partial charge in [-0.2, -0.15) is 0 Å². The van der Waals surface area contributed by atoms with Crippen LogP contribution in [0, 0.1) is 5.82 Å². The molecule has 0 amide bonds. The lowest BCUT2D eigenvalue weighted by Crippen LogP contribution is -1.93. The van der Waals surface area contributed by atoms with E-state index in [0.717, 1.165) is 16.8 Å². The van der Waals surface area contributed by atoms with Crippen molar-refractivity contribution in [2.75, 3.05) is 0 Å². The van der Waals surface area contributed by atoms with E-state index in [-0.39, 0.29) is 11.9 Å². The van der Waals surface area contributed by atoms with E-state index in [2.05, 4.69) is 4.99 Å². The van der Waals surface area contributed by atoms with Crippen LogP contribution < -0.4 is 0 Å². The Hall–Kier alpha value is -1.96. The van der Waals surface area contributed by atoms with Crippen LogP contribution in [0.2, 0.25) is 0 Å². The lowest BCUT2D eigenvalue weighted by Gasteiger charge is -1.98. The fourth-order valence-corrected chi connectivity index (χ4v) is 1.82. The third-order valence-electron chi connectivity index (χ3n) is 2.71. The van der Waals surface area contributed by atoms with Gasteiger partial charge in [0.1, 0.15) is 11.9 Å². The van der Waals surface area contributed by atoms with E-state index in [9.17, 15) is 4.39 Å². The fourth-order valence-electron chi connectivity index (χ4n) is 1.82. The zero-order chi connectivity index (χ0) is 11.0. The van der Waals surface area contributed by atoms with Crippen molar-refractivity contribution in [1.82, 2.24) is 0 Å². The molecule has 2 aromatic carbocycles. The van der Waals surface area contributed by atoms with E-state index in [1.807, 2.05) is 30.3 Å². The average Bonchev–Trinajstić information content (AvgIpc) is 3.11. The van der Waals surface area contributed by atoms with Crippen LogP contribution in [0.5, 0.6) is 0 Å². The Morgan fingerprint density at radius 3 is 2.25 bits per heavy atom. The molecule has 1 atom stereocenters. The molecule has 0 fully saturated rings.